The highest BCUT2D eigenvalue weighted by atomic mass is 16.5. The van der Waals surface area contributed by atoms with Gasteiger partial charge >= 0.3 is 0 Å². The second kappa shape index (κ2) is 7.48. The lowest BCUT2D eigenvalue weighted by atomic mass is 10.1. The van der Waals surface area contributed by atoms with Crippen molar-refractivity contribution in [2.24, 2.45) is 5.73 Å². The van der Waals surface area contributed by atoms with Crippen LogP contribution in [0, 0.1) is 0 Å². The number of nitrogens with two attached hydrogens (primary N) is 1. The van der Waals surface area contributed by atoms with Crippen LogP contribution in [0.5, 0.6) is 5.75 Å². The molecule has 1 atom stereocenters. The van der Waals surface area contributed by atoms with E-state index in [0.29, 0.717) is 12.6 Å². The third-order valence-electron chi connectivity index (χ3n) is 3.58. The molecular weight excluding hydrogens is 240 g/mol. The van der Waals surface area contributed by atoms with E-state index in [4.69, 9.17) is 15.6 Å². The third-order valence-corrected chi connectivity index (χ3v) is 3.58. The normalized spacial score (nSPS) is 21.1. The van der Waals surface area contributed by atoms with Gasteiger partial charge in [0.2, 0.25) is 0 Å². The largest absolute Gasteiger partial charge is 0.491 e. The molecule has 0 aliphatic carbocycles. The van der Waals surface area contributed by atoms with Crippen LogP contribution < -0.4 is 10.5 Å². The predicted molar refractivity (Wildman–Crippen MR) is 76.1 cm³/mol. The van der Waals surface area contributed by atoms with Crippen LogP contribution in [0.4, 0.5) is 0 Å². The number of para-hydroxylation sites is 1. The Balaban J connectivity index is 1.97. The summed E-state index contributed by atoms with van der Waals surface area (Å²) in [6.07, 6.45) is 3.36. The van der Waals surface area contributed by atoms with Crippen LogP contribution in [0.3, 0.4) is 0 Å². The van der Waals surface area contributed by atoms with Gasteiger partial charge in [0.25, 0.3) is 0 Å². The molecule has 106 valence electrons. The average molecular weight is 264 g/mol. The lowest BCUT2D eigenvalue weighted by molar-refractivity contribution is 0.197. The maximum atomic E-state index is 8.86. The Labute approximate surface area is 115 Å². The topological polar surface area (TPSA) is 58.7 Å². The number of hydrogen-bond donors (Lipinski definition) is 2. The molecule has 1 aromatic rings. The number of aliphatic hydroxyl groups is 1. The SMILES string of the molecule is NC1CCCN(Cc2ccccc2OCCO)CC1. The average Bonchev–Trinajstić information content (AvgIpc) is 2.63. The Kier molecular flexibility index (Phi) is 5.63. The highest BCUT2D eigenvalue weighted by Crippen LogP contribution is 2.21. The summed E-state index contributed by atoms with van der Waals surface area (Å²) in [6.45, 7) is 3.45. The number of nitrogens with zero attached hydrogens (tertiary/aromatic N) is 1. The minimum Gasteiger partial charge on any atom is -0.491 e. The van der Waals surface area contributed by atoms with E-state index in [1.165, 1.54) is 12.0 Å². The van der Waals surface area contributed by atoms with Crippen molar-refractivity contribution in [2.75, 3.05) is 26.3 Å². The van der Waals surface area contributed by atoms with E-state index < -0.39 is 0 Å². The molecule has 2 rings (SSSR count). The van der Waals surface area contributed by atoms with E-state index in [1.807, 2.05) is 18.2 Å². The van der Waals surface area contributed by atoms with E-state index in [0.717, 1.165) is 38.2 Å². The standard InChI is InChI=1S/C15H24N2O2/c16-14-5-3-8-17(9-7-14)12-13-4-1-2-6-15(13)19-11-10-18/h1-2,4,6,14,18H,3,5,7-12,16H2. The first-order chi connectivity index (χ1) is 9.29. The van der Waals surface area contributed by atoms with Gasteiger partial charge < -0.3 is 15.6 Å². The van der Waals surface area contributed by atoms with Crippen molar-refractivity contribution in [3.8, 4) is 5.75 Å². The van der Waals surface area contributed by atoms with Gasteiger partial charge in [0.1, 0.15) is 12.4 Å². The smallest absolute Gasteiger partial charge is 0.123 e. The molecule has 4 heteroatoms. The van der Waals surface area contributed by atoms with Gasteiger partial charge in [-0.1, -0.05) is 18.2 Å². The molecule has 0 spiro atoms. The molecule has 1 aliphatic heterocycles. The molecule has 0 amide bonds. The first kappa shape index (κ1) is 14.3. The summed E-state index contributed by atoms with van der Waals surface area (Å²) in [4.78, 5) is 2.44. The van der Waals surface area contributed by atoms with Crippen molar-refractivity contribution in [2.45, 2.75) is 31.8 Å². The zero-order chi connectivity index (χ0) is 13.5. The van der Waals surface area contributed by atoms with Crippen molar-refractivity contribution in [3.05, 3.63) is 29.8 Å². The van der Waals surface area contributed by atoms with Crippen LogP contribution in [-0.4, -0.2) is 42.4 Å². The number of ether oxygens (including phenoxy) is 1. The monoisotopic (exact) mass is 264 g/mol. The fraction of sp³-hybridized carbons (Fsp3) is 0.600. The Morgan fingerprint density at radius 3 is 2.95 bits per heavy atom. The van der Waals surface area contributed by atoms with Gasteiger partial charge in [0, 0.05) is 18.2 Å². The van der Waals surface area contributed by atoms with Gasteiger partial charge in [-0.2, -0.15) is 0 Å². The quantitative estimate of drug-likeness (QED) is 0.843. The summed E-state index contributed by atoms with van der Waals surface area (Å²) in [5.41, 5.74) is 7.19. The van der Waals surface area contributed by atoms with Crippen LogP contribution >= 0.6 is 0 Å². The van der Waals surface area contributed by atoms with Gasteiger partial charge in [-0.15, -0.1) is 0 Å². The van der Waals surface area contributed by atoms with Gasteiger partial charge in [-0.05, 0) is 38.4 Å². The zero-order valence-corrected chi connectivity index (χ0v) is 11.4. The second-order valence-electron chi connectivity index (χ2n) is 5.15. The maximum absolute atomic E-state index is 8.86. The van der Waals surface area contributed by atoms with E-state index in [-0.39, 0.29) is 6.61 Å². The molecule has 19 heavy (non-hydrogen) atoms. The van der Waals surface area contributed by atoms with Gasteiger partial charge in [0.15, 0.2) is 0 Å². The number of benzene rings is 1. The Hall–Kier alpha value is -1.10. The van der Waals surface area contributed by atoms with Crippen molar-refractivity contribution >= 4 is 0 Å². The molecule has 0 bridgehead atoms. The van der Waals surface area contributed by atoms with E-state index in [1.54, 1.807) is 0 Å². The van der Waals surface area contributed by atoms with Crippen LogP contribution in [0.25, 0.3) is 0 Å². The van der Waals surface area contributed by atoms with Gasteiger partial charge in [-0.3, -0.25) is 4.90 Å². The second-order valence-corrected chi connectivity index (χ2v) is 5.15. The molecule has 1 unspecified atom stereocenters. The highest BCUT2D eigenvalue weighted by molar-refractivity contribution is 5.33. The number of rotatable bonds is 5. The van der Waals surface area contributed by atoms with Gasteiger partial charge in [0.05, 0.1) is 6.61 Å². The maximum Gasteiger partial charge on any atom is 0.123 e. The number of hydrogen-bond acceptors (Lipinski definition) is 4. The van der Waals surface area contributed by atoms with E-state index in [9.17, 15) is 0 Å². The van der Waals surface area contributed by atoms with Crippen LogP contribution in [0.2, 0.25) is 0 Å². The Morgan fingerprint density at radius 1 is 1.26 bits per heavy atom. The number of aliphatic hydroxyl groups excluding tert-OH is 1. The summed E-state index contributed by atoms with van der Waals surface area (Å²) >= 11 is 0. The molecule has 1 aliphatic rings. The molecule has 4 nitrogen and oxygen atoms in total. The van der Waals surface area contributed by atoms with Crippen LogP contribution in [0.1, 0.15) is 24.8 Å². The van der Waals surface area contributed by atoms with E-state index in [2.05, 4.69) is 11.0 Å². The number of likely N-dealkylation sites (tertiary alicyclic amines) is 1. The molecular formula is C15H24N2O2. The highest BCUT2D eigenvalue weighted by Gasteiger charge is 2.15. The van der Waals surface area contributed by atoms with Crippen molar-refractivity contribution < 1.29 is 9.84 Å². The van der Waals surface area contributed by atoms with Crippen LogP contribution in [-0.2, 0) is 6.54 Å². The van der Waals surface area contributed by atoms with Crippen molar-refractivity contribution in [3.63, 3.8) is 0 Å². The summed E-state index contributed by atoms with van der Waals surface area (Å²) in [5, 5.41) is 8.86. The fourth-order valence-electron chi connectivity index (χ4n) is 2.51. The minimum atomic E-state index is 0.0485. The fourth-order valence-corrected chi connectivity index (χ4v) is 2.51. The zero-order valence-electron chi connectivity index (χ0n) is 11.4. The molecule has 1 aromatic carbocycles. The Bertz CT molecular complexity index is 384. The lowest BCUT2D eigenvalue weighted by Crippen LogP contribution is -2.26. The molecule has 1 saturated heterocycles. The predicted octanol–water partition coefficient (Wildman–Crippen LogP) is 1.37. The molecule has 1 fully saturated rings. The van der Waals surface area contributed by atoms with Gasteiger partial charge in [-0.25, -0.2) is 0 Å². The molecule has 1 heterocycles. The first-order valence-corrected chi connectivity index (χ1v) is 7.09. The molecule has 0 aromatic heterocycles. The third kappa shape index (κ3) is 4.49. The Morgan fingerprint density at radius 2 is 2.11 bits per heavy atom. The summed E-state index contributed by atoms with van der Waals surface area (Å²) in [7, 11) is 0. The summed E-state index contributed by atoms with van der Waals surface area (Å²) in [5.74, 6) is 0.880. The lowest BCUT2D eigenvalue weighted by Gasteiger charge is -2.21. The molecule has 0 radical (unpaired) electrons. The summed E-state index contributed by atoms with van der Waals surface area (Å²) < 4.78 is 5.58. The van der Waals surface area contributed by atoms with E-state index >= 15 is 0 Å². The molecule has 0 saturated carbocycles. The first-order valence-electron chi connectivity index (χ1n) is 7.09. The van der Waals surface area contributed by atoms with Crippen LogP contribution in [0.15, 0.2) is 24.3 Å². The van der Waals surface area contributed by atoms with Crippen molar-refractivity contribution in [1.82, 2.24) is 4.90 Å². The molecule has 3 N–H and O–H groups in total. The van der Waals surface area contributed by atoms with Crippen molar-refractivity contribution in [1.29, 1.82) is 0 Å². The minimum absolute atomic E-state index is 0.0485. The summed E-state index contributed by atoms with van der Waals surface area (Å²) in [6, 6.07) is 8.41.